The topological polar surface area (TPSA) is 94.5 Å². The molecule has 0 atom stereocenters. The second-order valence-corrected chi connectivity index (χ2v) is 4.27. The highest BCUT2D eigenvalue weighted by molar-refractivity contribution is 5.92. The Morgan fingerprint density at radius 2 is 2.30 bits per heavy atom. The highest BCUT2D eigenvalue weighted by Crippen LogP contribution is 2.10. The van der Waals surface area contributed by atoms with Gasteiger partial charge in [0.25, 0.3) is 5.91 Å². The lowest BCUT2D eigenvalue weighted by Gasteiger charge is -2.12. The number of methoxy groups -OCH3 is 1. The zero-order valence-electron chi connectivity index (χ0n) is 11.6. The van der Waals surface area contributed by atoms with Crippen LogP contribution in [-0.4, -0.2) is 46.7 Å². The first-order valence-electron chi connectivity index (χ1n) is 6.07. The summed E-state index contributed by atoms with van der Waals surface area (Å²) >= 11 is 0. The summed E-state index contributed by atoms with van der Waals surface area (Å²) in [6.07, 6.45) is 1.81. The Kier molecular flexibility index (Phi) is 4.46. The predicted octanol–water partition coefficient (Wildman–Crippen LogP) is 0.827. The van der Waals surface area contributed by atoms with Crippen molar-refractivity contribution < 1.29 is 18.5 Å². The summed E-state index contributed by atoms with van der Waals surface area (Å²) in [5.41, 5.74) is 0.284. The number of ether oxygens (including phenoxy) is 1. The molecule has 2 rings (SSSR count). The van der Waals surface area contributed by atoms with Gasteiger partial charge in [-0.25, -0.2) is 4.98 Å². The summed E-state index contributed by atoms with van der Waals surface area (Å²) in [6.45, 7) is 2.42. The van der Waals surface area contributed by atoms with E-state index in [4.69, 9.17) is 13.7 Å². The van der Waals surface area contributed by atoms with E-state index in [2.05, 4.69) is 15.1 Å². The number of aryl methyl sites for hydroxylation is 1. The Balaban J connectivity index is 1.97. The molecule has 8 heteroatoms. The van der Waals surface area contributed by atoms with Gasteiger partial charge in [0, 0.05) is 20.6 Å². The standard InChI is InChI=1S/C12H16N4O4/c1-8-11(13-7-19-8)12(17)16(2)6-10-14-9(15-20-10)4-5-18-3/h7H,4-6H2,1-3H3. The number of carbonyl (C=O) groups excluding carboxylic acids is 1. The van der Waals surface area contributed by atoms with Crippen LogP contribution in [0.5, 0.6) is 0 Å². The van der Waals surface area contributed by atoms with Gasteiger partial charge in [-0.1, -0.05) is 5.16 Å². The molecule has 0 bridgehead atoms. The third-order valence-corrected chi connectivity index (χ3v) is 2.71. The van der Waals surface area contributed by atoms with E-state index >= 15 is 0 Å². The van der Waals surface area contributed by atoms with Crippen LogP contribution >= 0.6 is 0 Å². The lowest BCUT2D eigenvalue weighted by atomic mass is 10.3. The number of nitrogens with zero attached hydrogens (tertiary/aromatic N) is 4. The quantitative estimate of drug-likeness (QED) is 0.773. The molecule has 0 N–H and O–H groups in total. The van der Waals surface area contributed by atoms with E-state index in [1.54, 1.807) is 21.1 Å². The van der Waals surface area contributed by atoms with Crippen molar-refractivity contribution in [2.45, 2.75) is 19.9 Å². The van der Waals surface area contributed by atoms with Crippen molar-refractivity contribution in [2.24, 2.45) is 0 Å². The molecule has 0 saturated heterocycles. The van der Waals surface area contributed by atoms with E-state index in [0.29, 0.717) is 30.5 Å². The van der Waals surface area contributed by atoms with Gasteiger partial charge in [0.1, 0.15) is 12.3 Å². The maximum atomic E-state index is 12.1. The summed E-state index contributed by atoms with van der Waals surface area (Å²) in [5.74, 6) is 1.15. The highest BCUT2D eigenvalue weighted by Gasteiger charge is 2.20. The fraction of sp³-hybridized carbons (Fsp3) is 0.500. The summed E-state index contributed by atoms with van der Waals surface area (Å²) in [7, 11) is 3.24. The first kappa shape index (κ1) is 14.2. The summed E-state index contributed by atoms with van der Waals surface area (Å²) < 4.78 is 15.0. The van der Waals surface area contributed by atoms with Crippen molar-refractivity contribution in [3.63, 3.8) is 0 Å². The van der Waals surface area contributed by atoms with Crippen LogP contribution in [0.3, 0.4) is 0 Å². The SMILES string of the molecule is COCCc1noc(CN(C)C(=O)c2ncoc2C)n1. The van der Waals surface area contributed by atoms with Crippen molar-refractivity contribution in [1.29, 1.82) is 0 Å². The fourth-order valence-electron chi connectivity index (χ4n) is 1.62. The molecular formula is C12H16N4O4. The molecule has 0 unspecified atom stereocenters. The Labute approximate surface area is 115 Å². The van der Waals surface area contributed by atoms with Crippen molar-refractivity contribution in [3.05, 3.63) is 29.6 Å². The molecule has 0 aliphatic heterocycles. The molecule has 0 aliphatic rings. The number of rotatable bonds is 6. The van der Waals surface area contributed by atoms with Crippen LogP contribution in [0.2, 0.25) is 0 Å². The van der Waals surface area contributed by atoms with Gasteiger partial charge in [-0.05, 0) is 6.92 Å². The number of amides is 1. The molecule has 8 nitrogen and oxygen atoms in total. The lowest BCUT2D eigenvalue weighted by Crippen LogP contribution is -2.27. The van der Waals surface area contributed by atoms with E-state index < -0.39 is 0 Å². The fourth-order valence-corrected chi connectivity index (χ4v) is 1.62. The van der Waals surface area contributed by atoms with E-state index in [9.17, 15) is 4.79 Å². The van der Waals surface area contributed by atoms with Crippen LogP contribution in [0.1, 0.15) is 28.0 Å². The third-order valence-electron chi connectivity index (χ3n) is 2.71. The number of aromatic nitrogens is 3. The monoisotopic (exact) mass is 280 g/mol. The normalized spacial score (nSPS) is 10.8. The minimum atomic E-state index is -0.257. The Morgan fingerprint density at radius 1 is 1.50 bits per heavy atom. The van der Waals surface area contributed by atoms with Crippen LogP contribution in [0.25, 0.3) is 0 Å². The lowest BCUT2D eigenvalue weighted by molar-refractivity contribution is 0.0762. The summed E-state index contributed by atoms with van der Waals surface area (Å²) in [6, 6.07) is 0. The van der Waals surface area contributed by atoms with Gasteiger partial charge in [0.05, 0.1) is 6.61 Å². The summed E-state index contributed by atoms with van der Waals surface area (Å²) in [5, 5.41) is 3.81. The van der Waals surface area contributed by atoms with Crippen molar-refractivity contribution in [3.8, 4) is 0 Å². The Morgan fingerprint density at radius 3 is 2.95 bits per heavy atom. The molecule has 2 aromatic rings. The molecule has 0 saturated carbocycles. The molecule has 1 amide bonds. The number of hydrogen-bond donors (Lipinski definition) is 0. The van der Waals surface area contributed by atoms with Gasteiger partial charge in [-0.2, -0.15) is 4.98 Å². The van der Waals surface area contributed by atoms with Gasteiger partial charge in [0.2, 0.25) is 5.89 Å². The van der Waals surface area contributed by atoms with Crippen LogP contribution in [0.15, 0.2) is 15.3 Å². The van der Waals surface area contributed by atoms with Gasteiger partial charge in [0.15, 0.2) is 17.9 Å². The number of carbonyl (C=O) groups is 1. The Bertz CT molecular complexity index is 578. The van der Waals surface area contributed by atoms with E-state index in [0.717, 1.165) is 0 Å². The first-order chi connectivity index (χ1) is 9.61. The van der Waals surface area contributed by atoms with E-state index in [1.807, 2.05) is 0 Å². The van der Waals surface area contributed by atoms with Crippen LogP contribution in [0.4, 0.5) is 0 Å². The third kappa shape index (κ3) is 3.21. The van der Waals surface area contributed by atoms with E-state index in [-0.39, 0.29) is 18.1 Å². The molecule has 0 radical (unpaired) electrons. The molecule has 20 heavy (non-hydrogen) atoms. The molecule has 0 spiro atoms. The predicted molar refractivity (Wildman–Crippen MR) is 66.9 cm³/mol. The molecule has 0 aromatic carbocycles. The number of hydrogen-bond acceptors (Lipinski definition) is 7. The largest absolute Gasteiger partial charge is 0.448 e. The smallest absolute Gasteiger partial charge is 0.276 e. The average Bonchev–Trinajstić information content (AvgIpc) is 3.04. The van der Waals surface area contributed by atoms with Crippen molar-refractivity contribution in [2.75, 3.05) is 20.8 Å². The van der Waals surface area contributed by atoms with Crippen LogP contribution < -0.4 is 0 Å². The highest BCUT2D eigenvalue weighted by atomic mass is 16.5. The zero-order chi connectivity index (χ0) is 14.5. The summed E-state index contributed by atoms with van der Waals surface area (Å²) in [4.78, 5) is 21.6. The average molecular weight is 280 g/mol. The van der Waals surface area contributed by atoms with E-state index in [1.165, 1.54) is 11.3 Å². The zero-order valence-corrected chi connectivity index (χ0v) is 11.6. The van der Waals surface area contributed by atoms with Gasteiger partial charge >= 0.3 is 0 Å². The van der Waals surface area contributed by atoms with Crippen molar-refractivity contribution >= 4 is 5.91 Å². The van der Waals surface area contributed by atoms with Gasteiger partial charge in [-0.3, -0.25) is 4.79 Å². The van der Waals surface area contributed by atoms with Gasteiger partial charge < -0.3 is 18.6 Å². The molecule has 2 heterocycles. The molecular weight excluding hydrogens is 264 g/mol. The van der Waals surface area contributed by atoms with Crippen LogP contribution in [0, 0.1) is 6.92 Å². The number of oxazole rings is 1. The first-order valence-corrected chi connectivity index (χ1v) is 6.07. The maximum Gasteiger partial charge on any atom is 0.276 e. The van der Waals surface area contributed by atoms with Crippen molar-refractivity contribution in [1.82, 2.24) is 20.0 Å². The second-order valence-electron chi connectivity index (χ2n) is 4.27. The minimum absolute atomic E-state index is 0.213. The molecule has 0 fully saturated rings. The van der Waals surface area contributed by atoms with Crippen LogP contribution in [-0.2, 0) is 17.7 Å². The Hall–Kier alpha value is -2.22. The van der Waals surface area contributed by atoms with Gasteiger partial charge in [-0.15, -0.1) is 0 Å². The molecule has 108 valence electrons. The molecule has 2 aromatic heterocycles. The minimum Gasteiger partial charge on any atom is -0.448 e. The molecule has 0 aliphatic carbocycles. The second kappa shape index (κ2) is 6.29. The maximum absolute atomic E-state index is 12.1.